The van der Waals surface area contributed by atoms with Gasteiger partial charge >= 0.3 is 0 Å². The molecule has 6 nitrogen and oxygen atoms in total. The van der Waals surface area contributed by atoms with E-state index in [1.54, 1.807) is 6.26 Å². The molecule has 1 aromatic carbocycles. The van der Waals surface area contributed by atoms with Crippen molar-refractivity contribution in [2.45, 2.75) is 19.9 Å². The summed E-state index contributed by atoms with van der Waals surface area (Å²) in [6.07, 6.45) is 6.61. The lowest BCUT2D eigenvalue weighted by molar-refractivity contribution is 0.507. The number of hydrogen-bond acceptors (Lipinski definition) is 4. The molecule has 0 atom stereocenters. The Hall–Kier alpha value is -1.94. The second kappa shape index (κ2) is 12.6. The first-order valence-electron chi connectivity index (χ1n) is 9.40. The number of para-hydroxylation sites is 1. The van der Waals surface area contributed by atoms with E-state index in [9.17, 15) is 0 Å². The molecule has 2 N–H and O–H groups in total. The summed E-state index contributed by atoms with van der Waals surface area (Å²) in [6.45, 7) is 4.20. The molecular weight excluding hydrogens is 497 g/mol. The molecule has 0 saturated carbocycles. The number of nitrogens with zero attached hydrogens (tertiary/aromatic N) is 3. The van der Waals surface area contributed by atoms with Gasteiger partial charge in [-0.25, -0.2) is 9.67 Å². The average molecular weight is 525 g/mol. The van der Waals surface area contributed by atoms with Crippen LogP contribution in [0.5, 0.6) is 0 Å². The van der Waals surface area contributed by atoms with E-state index >= 15 is 0 Å². The maximum Gasteiger partial charge on any atom is 0.191 e. The van der Waals surface area contributed by atoms with Gasteiger partial charge in [0.15, 0.2) is 5.96 Å². The Bertz CT molecular complexity index is 879. The largest absolute Gasteiger partial charge is 0.469 e. The van der Waals surface area contributed by atoms with Gasteiger partial charge in [0.25, 0.3) is 0 Å². The quantitative estimate of drug-likeness (QED) is 0.191. The first-order chi connectivity index (χ1) is 13.8. The number of halogens is 1. The third-order valence-electron chi connectivity index (χ3n) is 4.21. The number of benzene rings is 1. The number of aliphatic imine (C=N–C) groups is 1. The fourth-order valence-corrected chi connectivity index (χ4v) is 3.09. The van der Waals surface area contributed by atoms with E-state index in [2.05, 4.69) is 34.1 Å². The molecule has 0 aliphatic heterocycles. The number of thioether (sulfide) groups is 1. The molecule has 0 amide bonds. The van der Waals surface area contributed by atoms with Gasteiger partial charge in [-0.3, -0.25) is 0 Å². The summed E-state index contributed by atoms with van der Waals surface area (Å²) >= 11 is 1.81. The minimum absolute atomic E-state index is 0. The number of rotatable bonds is 9. The van der Waals surface area contributed by atoms with Crippen LogP contribution in [0.4, 0.5) is 0 Å². The zero-order valence-electron chi connectivity index (χ0n) is 16.8. The Morgan fingerprint density at radius 2 is 1.97 bits per heavy atom. The third-order valence-corrected chi connectivity index (χ3v) is 4.82. The van der Waals surface area contributed by atoms with Gasteiger partial charge in [-0.05, 0) is 43.0 Å². The zero-order chi connectivity index (χ0) is 19.6. The summed E-state index contributed by atoms with van der Waals surface area (Å²) in [7, 11) is 0. The Balaban J connectivity index is 0.00000300. The van der Waals surface area contributed by atoms with Crippen molar-refractivity contribution in [1.29, 1.82) is 0 Å². The van der Waals surface area contributed by atoms with Crippen molar-refractivity contribution >= 4 is 41.7 Å². The van der Waals surface area contributed by atoms with E-state index in [0.29, 0.717) is 6.54 Å². The minimum atomic E-state index is 0. The second-order valence-electron chi connectivity index (χ2n) is 6.37. The number of hydrogen-bond donors (Lipinski definition) is 2. The van der Waals surface area contributed by atoms with Gasteiger partial charge < -0.3 is 15.1 Å². The monoisotopic (exact) mass is 525 g/mol. The lowest BCUT2D eigenvalue weighted by Crippen LogP contribution is -2.39. The van der Waals surface area contributed by atoms with Crippen molar-refractivity contribution in [3.63, 3.8) is 0 Å². The maximum absolute atomic E-state index is 5.40. The Morgan fingerprint density at radius 3 is 2.69 bits per heavy atom. The molecule has 0 saturated heterocycles. The number of guanidine groups is 1. The molecule has 0 unspecified atom stereocenters. The Morgan fingerprint density at radius 1 is 1.14 bits per heavy atom. The highest BCUT2D eigenvalue weighted by atomic mass is 127. The molecule has 0 aliphatic carbocycles. The van der Waals surface area contributed by atoms with Crippen LogP contribution < -0.4 is 10.6 Å². The van der Waals surface area contributed by atoms with E-state index in [0.717, 1.165) is 53.9 Å². The van der Waals surface area contributed by atoms with Crippen LogP contribution in [0.15, 0.2) is 64.3 Å². The summed E-state index contributed by atoms with van der Waals surface area (Å²) in [5.41, 5.74) is 3.18. The first-order valence-corrected chi connectivity index (χ1v) is 10.8. The van der Waals surface area contributed by atoms with Crippen LogP contribution >= 0.6 is 35.7 Å². The molecule has 156 valence electrons. The molecule has 0 radical (unpaired) electrons. The fraction of sp³-hybridized carbons (Fsp3) is 0.333. The van der Waals surface area contributed by atoms with Crippen LogP contribution in [0.2, 0.25) is 0 Å². The summed E-state index contributed by atoms with van der Waals surface area (Å²) in [4.78, 5) is 4.79. The summed E-state index contributed by atoms with van der Waals surface area (Å²) in [5.74, 6) is 2.81. The van der Waals surface area contributed by atoms with Crippen molar-refractivity contribution in [3.05, 3.63) is 71.9 Å². The van der Waals surface area contributed by atoms with E-state index in [-0.39, 0.29) is 24.0 Å². The average Bonchev–Trinajstić information content (AvgIpc) is 3.38. The first kappa shape index (κ1) is 23.3. The Kier molecular flexibility index (Phi) is 10.1. The number of aromatic nitrogens is 2. The van der Waals surface area contributed by atoms with Crippen LogP contribution in [0.3, 0.4) is 0 Å². The molecule has 0 fully saturated rings. The van der Waals surface area contributed by atoms with E-state index in [4.69, 9.17) is 9.41 Å². The fourth-order valence-electron chi connectivity index (χ4n) is 2.79. The molecule has 29 heavy (non-hydrogen) atoms. The van der Waals surface area contributed by atoms with E-state index in [1.165, 1.54) is 0 Å². The summed E-state index contributed by atoms with van der Waals surface area (Å²) in [6, 6.07) is 14.1. The molecule has 8 heteroatoms. The van der Waals surface area contributed by atoms with Crippen LogP contribution in [-0.2, 0) is 13.0 Å². The summed E-state index contributed by atoms with van der Waals surface area (Å²) in [5, 5.41) is 11.3. The standard InChI is InChI=1S/C21H27N5OS.HI/c1-17-10-13-26(25-17)20-8-4-3-6-18(20)16-24-21(23-12-15-28-2)22-11-9-19-7-5-14-27-19;/h3-8,10,13-14H,9,11-12,15-16H2,1-2H3,(H2,22,23,24);1H. The van der Waals surface area contributed by atoms with Gasteiger partial charge in [-0.2, -0.15) is 16.9 Å². The van der Waals surface area contributed by atoms with Crippen molar-refractivity contribution in [2.24, 2.45) is 4.99 Å². The number of aryl methyl sites for hydroxylation is 1. The van der Waals surface area contributed by atoms with Crippen LogP contribution in [0.1, 0.15) is 17.0 Å². The SMILES string of the molecule is CSCCNC(=NCc1ccccc1-n1ccc(C)n1)NCCc1ccco1.I. The smallest absolute Gasteiger partial charge is 0.191 e. The van der Waals surface area contributed by atoms with Crippen molar-refractivity contribution in [2.75, 3.05) is 25.1 Å². The zero-order valence-corrected chi connectivity index (χ0v) is 19.9. The summed E-state index contributed by atoms with van der Waals surface area (Å²) < 4.78 is 7.30. The van der Waals surface area contributed by atoms with Gasteiger partial charge in [0.1, 0.15) is 5.76 Å². The van der Waals surface area contributed by atoms with Gasteiger partial charge in [0.05, 0.1) is 24.2 Å². The highest BCUT2D eigenvalue weighted by molar-refractivity contribution is 14.0. The van der Waals surface area contributed by atoms with E-state index < -0.39 is 0 Å². The molecule has 0 bridgehead atoms. The minimum Gasteiger partial charge on any atom is -0.469 e. The normalized spacial score (nSPS) is 11.2. The molecule has 2 heterocycles. The highest BCUT2D eigenvalue weighted by Crippen LogP contribution is 2.15. The lowest BCUT2D eigenvalue weighted by Gasteiger charge is -2.13. The van der Waals surface area contributed by atoms with Crippen LogP contribution in [0.25, 0.3) is 5.69 Å². The molecular formula is C21H28IN5OS. The predicted molar refractivity (Wildman–Crippen MR) is 132 cm³/mol. The second-order valence-corrected chi connectivity index (χ2v) is 7.36. The Labute approximate surface area is 193 Å². The van der Waals surface area contributed by atoms with Gasteiger partial charge in [-0.15, -0.1) is 24.0 Å². The van der Waals surface area contributed by atoms with Crippen molar-refractivity contribution < 1.29 is 4.42 Å². The molecule has 3 rings (SSSR count). The lowest BCUT2D eigenvalue weighted by atomic mass is 10.2. The topological polar surface area (TPSA) is 67.4 Å². The number of nitrogens with one attached hydrogen (secondary N) is 2. The number of furan rings is 1. The predicted octanol–water partition coefficient (Wildman–Crippen LogP) is 4.03. The van der Waals surface area contributed by atoms with Crippen LogP contribution in [-0.4, -0.2) is 40.8 Å². The van der Waals surface area contributed by atoms with Crippen molar-refractivity contribution in [3.8, 4) is 5.69 Å². The van der Waals surface area contributed by atoms with E-state index in [1.807, 2.05) is 59.9 Å². The molecule has 2 aromatic heterocycles. The molecule has 3 aromatic rings. The van der Waals surface area contributed by atoms with Gasteiger partial charge in [0.2, 0.25) is 0 Å². The van der Waals surface area contributed by atoms with Gasteiger partial charge in [0, 0.05) is 31.5 Å². The highest BCUT2D eigenvalue weighted by Gasteiger charge is 2.06. The molecule has 0 aliphatic rings. The third kappa shape index (κ3) is 7.43. The van der Waals surface area contributed by atoms with Crippen molar-refractivity contribution in [1.82, 2.24) is 20.4 Å². The molecule has 0 spiro atoms. The van der Waals surface area contributed by atoms with Crippen LogP contribution in [0, 0.1) is 6.92 Å². The maximum atomic E-state index is 5.40. The van der Waals surface area contributed by atoms with Gasteiger partial charge in [-0.1, -0.05) is 18.2 Å².